The normalized spacial score (nSPS) is 15.3. The maximum Gasteiger partial charge on any atom is 0.242 e. The molecule has 3 aromatic rings. The number of rotatable bonds is 4. The molecule has 1 amide bonds. The molecule has 0 unspecified atom stereocenters. The summed E-state index contributed by atoms with van der Waals surface area (Å²) in [4.78, 5) is 23.1. The van der Waals surface area contributed by atoms with Crippen molar-refractivity contribution in [2.24, 2.45) is 0 Å². The number of thioether (sulfide) groups is 1. The molecule has 0 radical (unpaired) electrons. The largest absolute Gasteiger partial charge is 0.361 e. The number of anilines is 1. The number of thiazole rings is 1. The number of carbonyl (C=O) groups excluding carboxylic acids is 1. The van der Waals surface area contributed by atoms with Crippen LogP contribution in [0, 0.1) is 0 Å². The Kier molecular flexibility index (Phi) is 5.36. The van der Waals surface area contributed by atoms with E-state index in [4.69, 9.17) is 4.98 Å². The van der Waals surface area contributed by atoms with Crippen LogP contribution in [0.4, 0.5) is 5.69 Å². The van der Waals surface area contributed by atoms with Crippen molar-refractivity contribution in [3.63, 3.8) is 0 Å². The molecule has 2 heterocycles. The van der Waals surface area contributed by atoms with Gasteiger partial charge in [0.2, 0.25) is 5.91 Å². The fourth-order valence-electron chi connectivity index (χ4n) is 3.29. The molecule has 4 rings (SSSR count). The molecule has 6 heteroatoms. The Bertz CT molecular complexity index is 922. The third-order valence-electron chi connectivity index (χ3n) is 5.00. The molecule has 4 nitrogen and oxygen atoms in total. The van der Waals surface area contributed by atoms with Crippen LogP contribution < -0.4 is 4.90 Å². The van der Waals surface area contributed by atoms with Gasteiger partial charge in [-0.3, -0.25) is 4.79 Å². The van der Waals surface area contributed by atoms with Crippen molar-refractivity contribution in [3.8, 4) is 0 Å². The van der Waals surface area contributed by atoms with Crippen LogP contribution in [0.2, 0.25) is 0 Å². The molecule has 0 bridgehead atoms. The van der Waals surface area contributed by atoms with E-state index >= 15 is 0 Å². The van der Waals surface area contributed by atoms with Gasteiger partial charge in [-0.25, -0.2) is 4.98 Å². The molecule has 27 heavy (non-hydrogen) atoms. The van der Waals surface area contributed by atoms with Gasteiger partial charge in [-0.1, -0.05) is 24.3 Å². The zero-order valence-electron chi connectivity index (χ0n) is 15.6. The Morgan fingerprint density at radius 3 is 2.85 bits per heavy atom. The second-order valence-corrected chi connectivity index (χ2v) is 8.99. The van der Waals surface area contributed by atoms with E-state index in [0.29, 0.717) is 6.54 Å². The number of likely N-dealkylation sites (N-methyl/N-ethyl adjacent to an activating group) is 1. The summed E-state index contributed by atoms with van der Waals surface area (Å²) >= 11 is 3.55. The van der Waals surface area contributed by atoms with E-state index in [1.165, 1.54) is 15.3 Å². The first kappa shape index (κ1) is 18.3. The summed E-state index contributed by atoms with van der Waals surface area (Å²) in [6.45, 7) is 3.38. The highest BCUT2D eigenvalue weighted by atomic mass is 32.2. The first-order chi connectivity index (χ1) is 13.1. The topological polar surface area (TPSA) is 36.4 Å². The summed E-state index contributed by atoms with van der Waals surface area (Å²) in [6.07, 6.45) is 1.09. The van der Waals surface area contributed by atoms with Gasteiger partial charge in [0.25, 0.3) is 0 Å². The molecule has 2 aromatic carbocycles. The standard InChI is InChI=1S/C21H23N3OS2/c1-15(21-22-16-8-3-5-10-18(16)27-21)23(2)20(25)14-24-12-7-13-26-19-11-6-4-9-17(19)24/h3-6,8-11,15H,7,12-14H2,1-2H3/t15-/m1/s1. The summed E-state index contributed by atoms with van der Waals surface area (Å²) in [5, 5.41) is 0.985. The molecule has 1 aromatic heterocycles. The highest BCUT2D eigenvalue weighted by molar-refractivity contribution is 7.99. The molecule has 0 saturated heterocycles. The zero-order chi connectivity index (χ0) is 18.8. The highest BCUT2D eigenvalue weighted by Crippen LogP contribution is 2.34. The molecular weight excluding hydrogens is 374 g/mol. The SMILES string of the molecule is C[C@H](c1nc2ccccc2s1)N(C)C(=O)CN1CCCSc2ccccc21. The van der Waals surface area contributed by atoms with E-state index in [9.17, 15) is 4.79 Å². The molecule has 1 aliphatic heterocycles. The number of aromatic nitrogens is 1. The van der Waals surface area contributed by atoms with Crippen LogP contribution >= 0.6 is 23.1 Å². The summed E-state index contributed by atoms with van der Waals surface area (Å²) in [5.74, 6) is 1.23. The molecule has 0 aliphatic carbocycles. The third-order valence-corrected chi connectivity index (χ3v) is 7.36. The van der Waals surface area contributed by atoms with Gasteiger partial charge < -0.3 is 9.80 Å². The van der Waals surface area contributed by atoms with E-state index in [1.54, 1.807) is 11.3 Å². The van der Waals surface area contributed by atoms with Crippen molar-refractivity contribution in [1.82, 2.24) is 9.88 Å². The van der Waals surface area contributed by atoms with Crippen LogP contribution in [0.1, 0.15) is 24.4 Å². The summed E-state index contributed by atoms with van der Waals surface area (Å²) in [5.41, 5.74) is 2.18. The summed E-state index contributed by atoms with van der Waals surface area (Å²) in [6, 6.07) is 16.5. The minimum Gasteiger partial charge on any atom is -0.361 e. The van der Waals surface area contributed by atoms with Gasteiger partial charge in [-0.15, -0.1) is 23.1 Å². The van der Waals surface area contributed by atoms with Crippen LogP contribution in [0.15, 0.2) is 53.4 Å². The number of hydrogen-bond donors (Lipinski definition) is 0. The minimum absolute atomic E-state index is 0.0357. The molecule has 0 saturated carbocycles. The minimum atomic E-state index is -0.0357. The van der Waals surface area contributed by atoms with Crippen LogP contribution in [-0.2, 0) is 4.79 Å². The van der Waals surface area contributed by atoms with Crippen molar-refractivity contribution < 1.29 is 4.79 Å². The lowest BCUT2D eigenvalue weighted by atomic mass is 10.2. The number of para-hydroxylation sites is 2. The first-order valence-corrected chi connectivity index (χ1v) is 11.0. The first-order valence-electron chi connectivity index (χ1n) is 9.21. The molecule has 1 aliphatic rings. The average Bonchev–Trinajstić information content (AvgIpc) is 3.03. The summed E-state index contributed by atoms with van der Waals surface area (Å²) in [7, 11) is 1.89. The number of fused-ring (bicyclic) bond motifs is 2. The molecular formula is C21H23N3OS2. The second-order valence-electron chi connectivity index (χ2n) is 6.79. The molecule has 0 fully saturated rings. The van der Waals surface area contributed by atoms with Gasteiger partial charge in [0.15, 0.2) is 0 Å². The predicted octanol–water partition coefficient (Wildman–Crippen LogP) is 4.82. The fourth-order valence-corrected chi connectivity index (χ4v) is 5.36. The van der Waals surface area contributed by atoms with Gasteiger partial charge >= 0.3 is 0 Å². The average molecular weight is 398 g/mol. The Labute approximate surface area is 168 Å². The third kappa shape index (κ3) is 3.82. The van der Waals surface area contributed by atoms with Crippen LogP contribution in [0.5, 0.6) is 0 Å². The number of amides is 1. The van der Waals surface area contributed by atoms with Crippen molar-refractivity contribution in [1.29, 1.82) is 0 Å². The highest BCUT2D eigenvalue weighted by Gasteiger charge is 2.24. The van der Waals surface area contributed by atoms with E-state index in [-0.39, 0.29) is 11.9 Å². The van der Waals surface area contributed by atoms with Crippen molar-refractivity contribution in [3.05, 3.63) is 53.5 Å². The van der Waals surface area contributed by atoms with Crippen molar-refractivity contribution in [2.75, 3.05) is 30.8 Å². The van der Waals surface area contributed by atoms with Gasteiger partial charge in [0.1, 0.15) is 5.01 Å². The van der Waals surface area contributed by atoms with E-state index < -0.39 is 0 Å². The van der Waals surface area contributed by atoms with Gasteiger partial charge in [-0.05, 0) is 43.4 Å². The molecule has 0 N–H and O–H groups in total. The molecule has 140 valence electrons. The van der Waals surface area contributed by atoms with Crippen LogP contribution in [0.3, 0.4) is 0 Å². The fraction of sp³-hybridized carbons (Fsp3) is 0.333. The van der Waals surface area contributed by atoms with Crippen LogP contribution in [-0.4, -0.2) is 41.7 Å². The number of carbonyl (C=O) groups is 1. The van der Waals surface area contributed by atoms with Gasteiger partial charge in [0, 0.05) is 18.5 Å². The van der Waals surface area contributed by atoms with E-state index in [1.807, 2.05) is 41.9 Å². The van der Waals surface area contributed by atoms with E-state index in [0.717, 1.165) is 29.2 Å². The maximum atomic E-state index is 13.0. The Morgan fingerprint density at radius 2 is 2.00 bits per heavy atom. The lowest BCUT2D eigenvalue weighted by Crippen LogP contribution is -2.40. The van der Waals surface area contributed by atoms with Crippen molar-refractivity contribution in [2.45, 2.75) is 24.3 Å². The molecule has 1 atom stereocenters. The second kappa shape index (κ2) is 7.90. The van der Waals surface area contributed by atoms with Crippen LogP contribution in [0.25, 0.3) is 10.2 Å². The number of hydrogen-bond acceptors (Lipinski definition) is 5. The maximum absolute atomic E-state index is 13.0. The Hall–Kier alpha value is -2.05. The lowest BCUT2D eigenvalue weighted by molar-refractivity contribution is -0.130. The smallest absolute Gasteiger partial charge is 0.242 e. The van der Waals surface area contributed by atoms with E-state index in [2.05, 4.69) is 42.2 Å². The molecule has 0 spiro atoms. The number of benzene rings is 2. The van der Waals surface area contributed by atoms with Gasteiger partial charge in [0.05, 0.1) is 28.5 Å². The van der Waals surface area contributed by atoms with Gasteiger partial charge in [-0.2, -0.15) is 0 Å². The van der Waals surface area contributed by atoms with Crippen molar-refractivity contribution >= 4 is 44.9 Å². The Morgan fingerprint density at radius 1 is 1.22 bits per heavy atom. The predicted molar refractivity (Wildman–Crippen MR) is 115 cm³/mol. The summed E-state index contributed by atoms with van der Waals surface area (Å²) < 4.78 is 1.17. The lowest BCUT2D eigenvalue weighted by Gasteiger charge is -2.29. The monoisotopic (exact) mass is 397 g/mol. The Balaban J connectivity index is 1.50. The quantitative estimate of drug-likeness (QED) is 0.632. The zero-order valence-corrected chi connectivity index (χ0v) is 17.2. The number of nitrogens with zero attached hydrogens (tertiary/aromatic N) is 3.